The second kappa shape index (κ2) is 10.7. The molecule has 2 unspecified atom stereocenters. The fraction of sp³-hybridized carbons (Fsp3) is 0.615. The molecule has 13 heterocycles. The van der Waals surface area contributed by atoms with Crippen LogP contribution in [0.15, 0.2) is 36.4 Å². The Kier molecular flexibility index (Phi) is 6.36. The van der Waals surface area contributed by atoms with Gasteiger partial charge in [-0.1, -0.05) is 39.8 Å². The van der Waals surface area contributed by atoms with Gasteiger partial charge in [-0.3, -0.25) is 34.7 Å². The average molecular weight is 911 g/mol. The molecule has 2 aromatic carbocycles. The van der Waals surface area contributed by atoms with Crippen molar-refractivity contribution in [2.75, 3.05) is 23.2 Å². The van der Waals surface area contributed by atoms with Crippen molar-refractivity contribution in [3.8, 4) is 11.5 Å². The Morgan fingerprint density at radius 2 is 1.18 bits per heavy atom. The van der Waals surface area contributed by atoms with E-state index in [-0.39, 0.29) is 30.0 Å². The molecule has 67 heavy (non-hydrogen) atoms. The number of hydrogen-bond acceptors (Lipinski definition) is 11. The zero-order valence-electron chi connectivity index (χ0n) is 39.3. The van der Waals surface area contributed by atoms with E-state index in [4.69, 9.17) is 9.47 Å². The zero-order chi connectivity index (χ0) is 46.7. The SMILES string of the molecule is CC1(C)C=Cc2c(ccc3c2N(O)C2C(C)(C)[C@@H]4C[C@]56CCCN5C(=O)[C@]4(NC6=O)[C@H]4N5C(=O)[C@@]67CCCN6C(=O)[C@@]56[C@@H]([C@@]324)[C@@]2(O)c3ccc4c(c3N(O)C2C(C)(C)[C@@H]6C7)C=CC(C)(C)O4)O1. The van der Waals surface area contributed by atoms with Crippen LogP contribution in [0, 0.1) is 28.6 Å². The molecular weight excluding hydrogens is 853 g/mol. The number of carbonyl (C=O) groups is 4. The second-order valence-electron chi connectivity index (χ2n) is 25.1. The van der Waals surface area contributed by atoms with E-state index in [1.165, 1.54) is 10.1 Å². The largest absolute Gasteiger partial charge is 0.483 e. The van der Waals surface area contributed by atoms with Crippen LogP contribution in [-0.4, -0.2) is 118 Å². The maximum atomic E-state index is 16.8. The molecule has 12 atom stereocenters. The molecule has 4 amide bonds. The van der Waals surface area contributed by atoms with Crippen molar-refractivity contribution < 1.29 is 44.2 Å². The van der Waals surface area contributed by atoms with Gasteiger partial charge >= 0.3 is 0 Å². The summed E-state index contributed by atoms with van der Waals surface area (Å²) in [6.07, 6.45) is 10.5. The molecule has 15 heteroatoms. The fourth-order valence-electron chi connectivity index (χ4n) is 19.2. The van der Waals surface area contributed by atoms with Crippen LogP contribution in [0.4, 0.5) is 11.4 Å². The summed E-state index contributed by atoms with van der Waals surface area (Å²) >= 11 is 0. The van der Waals surface area contributed by atoms with E-state index in [2.05, 4.69) is 19.2 Å². The molecule has 0 radical (unpaired) electrons. The highest BCUT2D eigenvalue weighted by molar-refractivity contribution is 6.11. The first-order valence-electron chi connectivity index (χ1n) is 24.6. The van der Waals surface area contributed by atoms with E-state index < -0.39 is 91.1 Å². The number of hydrogen-bond donors (Lipinski definition) is 4. The van der Waals surface area contributed by atoms with Crippen LogP contribution in [0.2, 0.25) is 0 Å². The lowest BCUT2D eigenvalue weighted by atomic mass is 9.35. The number of amides is 4. The average Bonchev–Trinajstić information content (AvgIpc) is 4.05. The number of nitrogens with one attached hydrogen (secondary N) is 1. The number of benzene rings is 2. The Morgan fingerprint density at radius 1 is 0.642 bits per heavy atom. The molecule has 4 bridgehead atoms. The third kappa shape index (κ3) is 3.55. The van der Waals surface area contributed by atoms with Gasteiger partial charge in [0.2, 0.25) is 17.7 Å². The number of nitrogens with zero attached hydrogens (tertiary/aromatic N) is 5. The van der Waals surface area contributed by atoms with Crippen LogP contribution >= 0.6 is 0 Å². The van der Waals surface area contributed by atoms with E-state index in [0.29, 0.717) is 90.3 Å². The van der Waals surface area contributed by atoms with Crippen LogP contribution in [0.3, 0.4) is 0 Å². The van der Waals surface area contributed by atoms with E-state index in [9.17, 15) is 10.4 Å². The fourth-order valence-corrected chi connectivity index (χ4v) is 19.2. The number of hydroxylamine groups is 2. The molecular formula is C52H58N6O9. The lowest BCUT2D eigenvalue weighted by molar-refractivity contribution is -0.251. The Labute approximate surface area is 388 Å². The van der Waals surface area contributed by atoms with E-state index in [1.807, 2.05) is 84.0 Å². The summed E-state index contributed by atoms with van der Waals surface area (Å²) in [4.78, 5) is 70.5. The number of piperazine rings is 2. The Bertz CT molecular complexity index is 2930. The van der Waals surface area contributed by atoms with Gasteiger partial charge < -0.3 is 34.6 Å². The lowest BCUT2D eigenvalue weighted by Crippen LogP contribution is -2.93. The molecule has 4 N–H and O–H groups in total. The Hall–Kier alpha value is -5.12. The number of rotatable bonds is 0. The first-order valence-corrected chi connectivity index (χ1v) is 24.6. The van der Waals surface area contributed by atoms with E-state index in [1.54, 1.807) is 20.8 Å². The number of aliphatic hydroxyl groups is 1. The van der Waals surface area contributed by atoms with Crippen molar-refractivity contribution in [1.29, 1.82) is 0 Å². The minimum absolute atomic E-state index is 0.259. The molecule has 9 saturated heterocycles. The summed E-state index contributed by atoms with van der Waals surface area (Å²) in [5, 5.41) is 48.1. The van der Waals surface area contributed by atoms with Crippen LogP contribution in [0.1, 0.15) is 116 Å². The van der Waals surface area contributed by atoms with Gasteiger partial charge in [0, 0.05) is 47.5 Å². The van der Waals surface area contributed by atoms with Crippen LogP contribution in [0.25, 0.3) is 12.2 Å². The molecule has 13 aliphatic heterocycles. The molecule has 15 nitrogen and oxygen atoms in total. The molecule has 350 valence electrons. The predicted octanol–water partition coefficient (Wildman–Crippen LogP) is 4.63. The summed E-state index contributed by atoms with van der Waals surface area (Å²) in [5.74, 6) is -2.61. The topological polar surface area (TPSA) is 176 Å². The van der Waals surface area contributed by atoms with Gasteiger partial charge in [0.25, 0.3) is 5.91 Å². The minimum Gasteiger partial charge on any atom is -0.483 e. The van der Waals surface area contributed by atoms with Gasteiger partial charge in [0.1, 0.15) is 50.5 Å². The highest BCUT2D eigenvalue weighted by Gasteiger charge is 2.98. The molecule has 11 fully saturated rings. The van der Waals surface area contributed by atoms with E-state index in [0.717, 1.165) is 0 Å². The zero-order valence-corrected chi connectivity index (χ0v) is 39.3. The smallest absolute Gasteiger partial charge is 0.251 e. The van der Waals surface area contributed by atoms with Gasteiger partial charge in [0.15, 0.2) is 0 Å². The van der Waals surface area contributed by atoms with Crippen LogP contribution < -0.4 is 24.9 Å². The molecule has 2 aromatic rings. The summed E-state index contributed by atoms with van der Waals surface area (Å²) in [5.41, 5.74) is -10.4. The number of piperidine rings is 4. The Balaban J connectivity index is 1.14. The number of ether oxygens (including phenoxy) is 2. The highest BCUT2D eigenvalue weighted by atomic mass is 16.5. The van der Waals surface area contributed by atoms with Crippen molar-refractivity contribution in [3.05, 3.63) is 58.7 Å². The molecule has 2 aliphatic carbocycles. The first-order chi connectivity index (χ1) is 31.5. The quantitative estimate of drug-likeness (QED) is 0.290. The van der Waals surface area contributed by atoms with E-state index >= 15 is 24.3 Å². The number of carbonyl (C=O) groups excluding carboxylic acids is 4. The lowest BCUT2D eigenvalue weighted by Gasteiger charge is -2.72. The third-order valence-corrected chi connectivity index (χ3v) is 20.9. The summed E-state index contributed by atoms with van der Waals surface area (Å²) in [6.45, 7) is 16.7. The van der Waals surface area contributed by atoms with Crippen molar-refractivity contribution in [1.82, 2.24) is 20.0 Å². The number of anilines is 2. The van der Waals surface area contributed by atoms with Crippen molar-refractivity contribution >= 4 is 47.2 Å². The highest BCUT2D eigenvalue weighted by Crippen LogP contribution is 2.84. The van der Waals surface area contributed by atoms with Gasteiger partial charge in [-0.15, -0.1) is 0 Å². The molecule has 2 saturated carbocycles. The van der Waals surface area contributed by atoms with Gasteiger partial charge in [-0.25, -0.2) is 5.06 Å². The predicted molar refractivity (Wildman–Crippen MR) is 241 cm³/mol. The summed E-state index contributed by atoms with van der Waals surface area (Å²) in [7, 11) is 0. The molecule has 0 aromatic heterocycles. The maximum absolute atomic E-state index is 16.8. The molecule has 17 rings (SSSR count). The van der Waals surface area contributed by atoms with Crippen molar-refractivity contribution in [3.63, 3.8) is 0 Å². The normalized spacial score (nSPS) is 45.2. The van der Waals surface area contributed by atoms with Crippen LogP contribution in [-0.2, 0) is 30.2 Å². The minimum atomic E-state index is -2.15. The van der Waals surface area contributed by atoms with Gasteiger partial charge in [-0.05, 0) is 119 Å². The van der Waals surface area contributed by atoms with Crippen molar-refractivity contribution in [2.24, 2.45) is 28.6 Å². The molecule has 5 spiro atoms. The first kappa shape index (κ1) is 39.8. The van der Waals surface area contributed by atoms with Crippen molar-refractivity contribution in [2.45, 2.75) is 156 Å². The summed E-state index contributed by atoms with van der Waals surface area (Å²) < 4.78 is 13.1. The van der Waals surface area contributed by atoms with Gasteiger partial charge in [0.05, 0.1) is 34.9 Å². The second-order valence-corrected chi connectivity index (χ2v) is 25.1. The molecule has 15 aliphatic rings. The Morgan fingerprint density at radius 3 is 1.82 bits per heavy atom. The summed E-state index contributed by atoms with van der Waals surface area (Å²) in [6, 6.07) is 4.09. The standard InChI is InChI=1S/C52H58N6O9/c1-43(2)19-15-25-29(66-43)13-11-27-33(25)57(64)36-45(5,6)31-23-47-17-9-21-54(47)41(61)50(31,53-39(47)59)38-49(27,36)35-51-32(24-48(40(60)56(38)51)18-10-22-55(48)42(51)62)46(7,8)37-52(35,63)28-12-14-30-26(34(28)58(37)65)16-20-44(3,4)67-30/h11-16,19-20,31-32,35-38,63-65H,9-10,17-18,21-24H2,1-8H3,(H,53,59)/t31-,32-,35+,36?,37?,38-,47-,48-,49-,50+,51+,52-/m0/s1. The third-order valence-electron chi connectivity index (χ3n) is 20.9. The van der Waals surface area contributed by atoms with Gasteiger partial charge in [-0.2, -0.15) is 0 Å². The van der Waals surface area contributed by atoms with Crippen LogP contribution in [0.5, 0.6) is 11.5 Å². The monoisotopic (exact) mass is 910 g/mol. The number of fused-ring (bicyclic) bond motifs is 10. The maximum Gasteiger partial charge on any atom is 0.251 e.